The van der Waals surface area contributed by atoms with E-state index in [0.717, 1.165) is 24.2 Å². The number of carbonyl (C=O) groups is 1. The van der Waals surface area contributed by atoms with Gasteiger partial charge in [0, 0.05) is 13.1 Å². The van der Waals surface area contributed by atoms with E-state index in [1.165, 1.54) is 0 Å². The lowest BCUT2D eigenvalue weighted by Crippen LogP contribution is -2.47. The van der Waals surface area contributed by atoms with Gasteiger partial charge < -0.3 is 20.1 Å². The molecule has 2 N–H and O–H groups in total. The molecule has 1 aliphatic heterocycles. The molecule has 1 aromatic carbocycles. The minimum Gasteiger partial charge on any atom is -0.492 e. The van der Waals surface area contributed by atoms with Gasteiger partial charge in [0.1, 0.15) is 12.4 Å². The van der Waals surface area contributed by atoms with Gasteiger partial charge >= 0.3 is 6.03 Å². The number of urea groups is 1. The van der Waals surface area contributed by atoms with E-state index in [9.17, 15) is 9.90 Å². The van der Waals surface area contributed by atoms with Crippen molar-refractivity contribution in [3.05, 3.63) is 29.8 Å². The first-order valence-electron chi connectivity index (χ1n) is 7.05. The summed E-state index contributed by atoms with van der Waals surface area (Å²) in [5.41, 5.74) is 1.15. The van der Waals surface area contributed by atoms with Crippen LogP contribution < -0.4 is 10.1 Å². The van der Waals surface area contributed by atoms with Gasteiger partial charge in [-0.15, -0.1) is 0 Å². The third-order valence-electron chi connectivity index (χ3n) is 3.32. The van der Waals surface area contributed by atoms with E-state index >= 15 is 0 Å². The summed E-state index contributed by atoms with van der Waals surface area (Å²) in [6.07, 6.45) is 1.24. The minimum atomic E-state index is -0.391. The van der Waals surface area contributed by atoms with Gasteiger partial charge in [-0.2, -0.15) is 0 Å². The summed E-state index contributed by atoms with van der Waals surface area (Å²) in [4.78, 5) is 13.5. The van der Waals surface area contributed by atoms with Gasteiger partial charge in [0.15, 0.2) is 0 Å². The molecule has 110 valence electrons. The number of rotatable bonds is 4. The number of benzene rings is 1. The van der Waals surface area contributed by atoms with Crippen molar-refractivity contribution in [3.8, 4) is 5.75 Å². The van der Waals surface area contributed by atoms with E-state index in [1.54, 1.807) is 4.90 Å². The number of aliphatic hydroxyl groups is 1. The number of piperidine rings is 1. The normalized spacial score (nSPS) is 18.7. The Balaban J connectivity index is 1.66. The van der Waals surface area contributed by atoms with Crippen LogP contribution >= 0.6 is 0 Å². The summed E-state index contributed by atoms with van der Waals surface area (Å²) in [6.45, 7) is 4.04. The molecule has 2 rings (SSSR count). The summed E-state index contributed by atoms with van der Waals surface area (Å²) in [7, 11) is 0. The van der Waals surface area contributed by atoms with Crippen LogP contribution in [0.3, 0.4) is 0 Å². The van der Waals surface area contributed by atoms with E-state index in [0.29, 0.717) is 26.2 Å². The van der Waals surface area contributed by atoms with Crippen LogP contribution in [0.25, 0.3) is 0 Å². The van der Waals surface area contributed by atoms with Gasteiger partial charge in [0.05, 0.1) is 12.6 Å². The zero-order valence-corrected chi connectivity index (χ0v) is 11.8. The lowest BCUT2D eigenvalue weighted by Gasteiger charge is -2.30. The molecular weight excluding hydrogens is 256 g/mol. The average Bonchev–Trinajstić information content (AvgIpc) is 2.43. The highest BCUT2D eigenvalue weighted by atomic mass is 16.5. The zero-order chi connectivity index (χ0) is 14.4. The van der Waals surface area contributed by atoms with Crippen LogP contribution in [0.1, 0.15) is 18.4 Å². The quantitative estimate of drug-likeness (QED) is 0.821. The van der Waals surface area contributed by atoms with Crippen molar-refractivity contribution in [1.29, 1.82) is 0 Å². The van der Waals surface area contributed by atoms with Crippen molar-refractivity contribution >= 4 is 6.03 Å². The van der Waals surface area contributed by atoms with E-state index in [2.05, 4.69) is 5.32 Å². The lowest BCUT2D eigenvalue weighted by atomic mass is 10.1. The average molecular weight is 278 g/mol. The molecule has 20 heavy (non-hydrogen) atoms. The number of carbonyl (C=O) groups excluding carboxylic acids is 1. The van der Waals surface area contributed by atoms with Crippen LogP contribution in [0, 0.1) is 6.92 Å². The molecule has 0 spiro atoms. The van der Waals surface area contributed by atoms with Crippen molar-refractivity contribution in [1.82, 2.24) is 10.2 Å². The summed E-state index contributed by atoms with van der Waals surface area (Å²) >= 11 is 0. The molecule has 1 aliphatic rings. The standard InChI is InChI=1S/C15H22N2O3/c1-12-4-2-6-14(10-12)20-9-7-16-15(19)17-8-3-5-13(18)11-17/h2,4,6,10,13,18H,3,5,7-9,11H2,1H3,(H,16,19). The SMILES string of the molecule is Cc1cccc(OCCNC(=O)N2CCCC(O)C2)c1. The first-order valence-corrected chi connectivity index (χ1v) is 7.05. The van der Waals surface area contributed by atoms with Gasteiger partial charge in [0.25, 0.3) is 0 Å². The van der Waals surface area contributed by atoms with Crippen molar-refractivity contribution in [2.24, 2.45) is 0 Å². The summed E-state index contributed by atoms with van der Waals surface area (Å²) in [6, 6.07) is 7.68. The van der Waals surface area contributed by atoms with Crippen LogP contribution in [-0.2, 0) is 0 Å². The maximum absolute atomic E-state index is 11.9. The number of likely N-dealkylation sites (tertiary alicyclic amines) is 1. The fourth-order valence-corrected chi connectivity index (χ4v) is 2.28. The van der Waals surface area contributed by atoms with Crippen LogP contribution in [0.2, 0.25) is 0 Å². The summed E-state index contributed by atoms with van der Waals surface area (Å²) in [5.74, 6) is 0.813. The van der Waals surface area contributed by atoms with Crippen LogP contribution in [0.4, 0.5) is 4.79 Å². The van der Waals surface area contributed by atoms with Crippen LogP contribution in [0.15, 0.2) is 24.3 Å². The third-order valence-corrected chi connectivity index (χ3v) is 3.32. The number of aryl methyl sites for hydroxylation is 1. The molecule has 0 aliphatic carbocycles. The number of aliphatic hydroxyl groups excluding tert-OH is 1. The number of nitrogens with zero attached hydrogens (tertiary/aromatic N) is 1. The van der Waals surface area contributed by atoms with Crippen LogP contribution in [0.5, 0.6) is 5.75 Å². The molecule has 2 amide bonds. The monoisotopic (exact) mass is 278 g/mol. The van der Waals surface area contributed by atoms with E-state index in [4.69, 9.17) is 4.74 Å². The number of amides is 2. The molecule has 1 atom stereocenters. The molecule has 5 heteroatoms. The maximum Gasteiger partial charge on any atom is 0.317 e. The highest BCUT2D eigenvalue weighted by Crippen LogP contribution is 2.12. The fourth-order valence-electron chi connectivity index (χ4n) is 2.28. The Bertz CT molecular complexity index is 450. The first-order chi connectivity index (χ1) is 9.65. The predicted molar refractivity (Wildman–Crippen MR) is 76.9 cm³/mol. The summed E-state index contributed by atoms with van der Waals surface area (Å²) in [5, 5.41) is 12.3. The van der Waals surface area contributed by atoms with Crippen molar-refractivity contribution < 1.29 is 14.6 Å². The van der Waals surface area contributed by atoms with Gasteiger partial charge in [-0.3, -0.25) is 0 Å². The Morgan fingerprint density at radius 3 is 3.15 bits per heavy atom. The lowest BCUT2D eigenvalue weighted by molar-refractivity contribution is 0.0840. The Labute approximate surface area is 119 Å². The van der Waals surface area contributed by atoms with Crippen LogP contribution in [-0.4, -0.2) is 48.4 Å². The molecule has 1 aromatic rings. The highest BCUT2D eigenvalue weighted by molar-refractivity contribution is 5.74. The molecule has 1 unspecified atom stereocenters. The van der Waals surface area contributed by atoms with Gasteiger partial charge in [0.2, 0.25) is 0 Å². The third kappa shape index (κ3) is 4.42. The van der Waals surface area contributed by atoms with Crippen molar-refractivity contribution in [2.45, 2.75) is 25.9 Å². The van der Waals surface area contributed by atoms with Gasteiger partial charge in [-0.1, -0.05) is 12.1 Å². The Kier molecular flexibility index (Phi) is 5.24. The molecule has 1 saturated heterocycles. The van der Waals surface area contributed by atoms with Gasteiger partial charge in [-0.25, -0.2) is 4.79 Å². The molecule has 1 heterocycles. The molecule has 0 bridgehead atoms. The van der Waals surface area contributed by atoms with E-state index < -0.39 is 6.10 Å². The second-order valence-corrected chi connectivity index (χ2v) is 5.14. The molecular formula is C15H22N2O3. The van der Waals surface area contributed by atoms with E-state index in [-0.39, 0.29) is 6.03 Å². The number of β-amino-alcohol motifs (C(OH)–C–C–N with tert-alkyl or cyclic N) is 1. The predicted octanol–water partition coefficient (Wildman–Crippen LogP) is 1.54. The second-order valence-electron chi connectivity index (χ2n) is 5.14. The second kappa shape index (κ2) is 7.14. The number of nitrogens with one attached hydrogen (secondary N) is 1. The topological polar surface area (TPSA) is 61.8 Å². The maximum atomic E-state index is 11.9. The number of hydrogen-bond donors (Lipinski definition) is 2. The largest absolute Gasteiger partial charge is 0.492 e. The van der Waals surface area contributed by atoms with Gasteiger partial charge in [-0.05, 0) is 37.5 Å². The minimum absolute atomic E-state index is 0.128. The molecule has 0 aromatic heterocycles. The molecule has 0 radical (unpaired) electrons. The fraction of sp³-hybridized carbons (Fsp3) is 0.533. The first kappa shape index (κ1) is 14.7. The zero-order valence-electron chi connectivity index (χ0n) is 11.8. The van der Waals surface area contributed by atoms with Crippen molar-refractivity contribution in [3.63, 3.8) is 0 Å². The van der Waals surface area contributed by atoms with Crippen molar-refractivity contribution in [2.75, 3.05) is 26.2 Å². The highest BCUT2D eigenvalue weighted by Gasteiger charge is 2.21. The van der Waals surface area contributed by atoms with E-state index in [1.807, 2.05) is 31.2 Å². The molecule has 1 fully saturated rings. The molecule has 0 saturated carbocycles. The molecule has 5 nitrogen and oxygen atoms in total. The Hall–Kier alpha value is -1.75. The Morgan fingerprint density at radius 2 is 2.40 bits per heavy atom. The number of hydrogen-bond acceptors (Lipinski definition) is 3. The smallest absolute Gasteiger partial charge is 0.317 e. The Morgan fingerprint density at radius 1 is 1.55 bits per heavy atom. The summed E-state index contributed by atoms with van der Waals surface area (Å²) < 4.78 is 5.56. The number of ether oxygens (including phenoxy) is 1.